The van der Waals surface area contributed by atoms with Crippen molar-refractivity contribution in [1.82, 2.24) is 10.3 Å². The van der Waals surface area contributed by atoms with Gasteiger partial charge in [-0.1, -0.05) is 32.9 Å². The number of aliphatic hydroxyl groups is 1. The van der Waals surface area contributed by atoms with Crippen LogP contribution in [0.2, 0.25) is 0 Å². The molecular weight excluding hydrogens is 268 g/mol. The fourth-order valence-electron chi connectivity index (χ4n) is 2.54. The number of fused-ring (bicyclic) bond motifs is 1. The first kappa shape index (κ1) is 15.5. The van der Waals surface area contributed by atoms with E-state index >= 15 is 0 Å². The smallest absolute Gasteiger partial charge is 0.248 e. The van der Waals surface area contributed by atoms with Gasteiger partial charge in [-0.25, -0.2) is 0 Å². The Morgan fingerprint density at radius 3 is 2.52 bits per heavy atom. The molecule has 0 radical (unpaired) electrons. The summed E-state index contributed by atoms with van der Waals surface area (Å²) in [4.78, 5) is 14.0. The number of hydrogen-bond acceptors (Lipinski definition) is 4. The third-order valence-corrected chi connectivity index (χ3v) is 3.59. The Balaban J connectivity index is 2.45. The zero-order valence-corrected chi connectivity index (χ0v) is 12.6. The van der Waals surface area contributed by atoms with Gasteiger partial charge in [0.1, 0.15) is 5.75 Å². The van der Waals surface area contributed by atoms with Crippen molar-refractivity contribution < 1.29 is 10.2 Å². The number of aromatic nitrogens is 1. The Hall–Kier alpha value is -1.85. The van der Waals surface area contributed by atoms with Crippen LogP contribution in [0.15, 0.2) is 29.1 Å². The predicted octanol–water partition coefficient (Wildman–Crippen LogP) is 2.04. The molecule has 2 rings (SSSR count). The summed E-state index contributed by atoms with van der Waals surface area (Å²) in [6.07, 6.45) is -0.118. The van der Waals surface area contributed by atoms with E-state index in [9.17, 15) is 15.0 Å². The number of phenols is 1. The van der Waals surface area contributed by atoms with Gasteiger partial charge >= 0.3 is 0 Å². The predicted molar refractivity (Wildman–Crippen MR) is 83.5 cm³/mol. The molecule has 0 aliphatic carbocycles. The monoisotopic (exact) mass is 290 g/mol. The van der Waals surface area contributed by atoms with Crippen LogP contribution in [0.5, 0.6) is 5.75 Å². The second-order valence-electron chi connectivity index (χ2n) is 5.57. The van der Waals surface area contributed by atoms with Gasteiger partial charge in [0.05, 0.1) is 11.6 Å². The van der Waals surface area contributed by atoms with Gasteiger partial charge in [-0.2, -0.15) is 0 Å². The Morgan fingerprint density at radius 2 is 1.90 bits per heavy atom. The van der Waals surface area contributed by atoms with Crippen molar-refractivity contribution in [3.63, 3.8) is 0 Å². The molecule has 5 heteroatoms. The number of H-pyrrole nitrogens is 1. The van der Waals surface area contributed by atoms with Crippen molar-refractivity contribution in [2.24, 2.45) is 0 Å². The molecule has 0 spiro atoms. The van der Waals surface area contributed by atoms with Gasteiger partial charge in [0.15, 0.2) is 0 Å². The number of rotatable bonds is 5. The lowest BCUT2D eigenvalue weighted by molar-refractivity contribution is 0.119. The largest absolute Gasteiger partial charge is 0.505 e. The molecule has 1 aromatic carbocycles. The van der Waals surface area contributed by atoms with Crippen LogP contribution in [0.3, 0.4) is 0 Å². The first-order valence-corrected chi connectivity index (χ1v) is 7.23. The Labute approximate surface area is 123 Å². The second kappa shape index (κ2) is 6.28. The van der Waals surface area contributed by atoms with Gasteiger partial charge in [0.2, 0.25) is 5.56 Å². The summed E-state index contributed by atoms with van der Waals surface area (Å²) in [6.45, 7) is 5.99. The van der Waals surface area contributed by atoms with E-state index in [4.69, 9.17) is 0 Å². The van der Waals surface area contributed by atoms with E-state index in [0.29, 0.717) is 11.1 Å². The maximum atomic E-state index is 11.4. The lowest BCUT2D eigenvalue weighted by Gasteiger charge is -2.26. The molecule has 0 unspecified atom stereocenters. The molecular formula is C16H22N2O3. The van der Waals surface area contributed by atoms with E-state index in [2.05, 4.69) is 10.3 Å². The molecule has 21 heavy (non-hydrogen) atoms. The standard InChI is InChI=1S/C16H22N2O3/c1-4-12(17-9(2)3)15(20)11-7-5-10-6-8-13(19)18-14(10)16(11)21/h5-9,12,15,17,20-21H,4H2,1-3H3,(H,18,19)/t12-,15+/m1/s1. The molecule has 4 N–H and O–H groups in total. The number of aromatic amines is 1. The summed E-state index contributed by atoms with van der Waals surface area (Å²) < 4.78 is 0. The summed E-state index contributed by atoms with van der Waals surface area (Å²) in [5, 5.41) is 24.9. The normalized spacial score (nSPS) is 14.5. The number of nitrogens with one attached hydrogen (secondary N) is 2. The first-order chi connectivity index (χ1) is 9.93. The number of benzene rings is 1. The Kier molecular flexibility index (Phi) is 4.65. The lowest BCUT2D eigenvalue weighted by Crippen LogP contribution is -2.38. The summed E-state index contributed by atoms with van der Waals surface area (Å²) in [5.41, 5.74) is 0.500. The van der Waals surface area contributed by atoms with Gasteiger partial charge in [0, 0.05) is 29.1 Å². The Bertz CT molecular complexity index is 679. The van der Waals surface area contributed by atoms with E-state index in [1.165, 1.54) is 6.07 Å². The van der Waals surface area contributed by atoms with E-state index in [-0.39, 0.29) is 23.4 Å². The molecule has 0 aliphatic rings. The third kappa shape index (κ3) is 3.25. The molecule has 5 nitrogen and oxygen atoms in total. The topological polar surface area (TPSA) is 85.4 Å². The zero-order chi connectivity index (χ0) is 15.6. The minimum atomic E-state index is -0.842. The van der Waals surface area contributed by atoms with Gasteiger partial charge in [0.25, 0.3) is 0 Å². The summed E-state index contributed by atoms with van der Waals surface area (Å²) in [7, 11) is 0. The van der Waals surface area contributed by atoms with Gasteiger partial charge < -0.3 is 20.5 Å². The van der Waals surface area contributed by atoms with Crippen molar-refractivity contribution in [2.75, 3.05) is 0 Å². The molecule has 0 saturated carbocycles. The van der Waals surface area contributed by atoms with E-state index < -0.39 is 6.10 Å². The molecule has 0 fully saturated rings. The van der Waals surface area contributed by atoms with Crippen molar-refractivity contribution >= 4 is 10.9 Å². The van der Waals surface area contributed by atoms with Gasteiger partial charge in [-0.15, -0.1) is 0 Å². The van der Waals surface area contributed by atoms with Crippen LogP contribution in [0.1, 0.15) is 38.9 Å². The fraction of sp³-hybridized carbons (Fsp3) is 0.438. The molecule has 0 saturated heterocycles. The van der Waals surface area contributed by atoms with Crippen molar-refractivity contribution in [3.05, 3.63) is 40.2 Å². The molecule has 1 heterocycles. The highest BCUT2D eigenvalue weighted by atomic mass is 16.3. The average Bonchev–Trinajstić information content (AvgIpc) is 2.45. The summed E-state index contributed by atoms with van der Waals surface area (Å²) in [5.74, 6) is -0.0679. The van der Waals surface area contributed by atoms with Crippen LogP contribution < -0.4 is 10.9 Å². The molecule has 114 valence electrons. The van der Waals surface area contributed by atoms with Crippen molar-refractivity contribution in [2.45, 2.75) is 45.4 Å². The van der Waals surface area contributed by atoms with E-state index in [1.54, 1.807) is 18.2 Å². The SMILES string of the molecule is CC[C@@H](NC(C)C)[C@@H](O)c1ccc2ccc(=O)[nH]c2c1O. The van der Waals surface area contributed by atoms with E-state index in [0.717, 1.165) is 11.8 Å². The van der Waals surface area contributed by atoms with Crippen LogP contribution in [0, 0.1) is 0 Å². The second-order valence-corrected chi connectivity index (χ2v) is 5.57. The maximum Gasteiger partial charge on any atom is 0.248 e. The number of aliphatic hydroxyl groups excluding tert-OH is 1. The molecule has 0 aliphatic heterocycles. The number of phenolic OH excluding ortho intramolecular Hbond substituents is 1. The van der Waals surface area contributed by atoms with Crippen LogP contribution in [-0.2, 0) is 0 Å². The quantitative estimate of drug-likeness (QED) is 0.679. The number of pyridine rings is 1. The van der Waals surface area contributed by atoms with Crippen LogP contribution in [0.25, 0.3) is 10.9 Å². The minimum absolute atomic E-state index is 0.0679. The molecule has 0 bridgehead atoms. The Morgan fingerprint density at radius 1 is 1.24 bits per heavy atom. The van der Waals surface area contributed by atoms with Crippen LogP contribution >= 0.6 is 0 Å². The van der Waals surface area contributed by atoms with Crippen molar-refractivity contribution in [3.8, 4) is 5.75 Å². The highest BCUT2D eigenvalue weighted by Gasteiger charge is 2.23. The number of aromatic hydroxyl groups is 1. The van der Waals surface area contributed by atoms with Crippen LogP contribution in [-0.4, -0.2) is 27.3 Å². The van der Waals surface area contributed by atoms with Gasteiger partial charge in [-0.3, -0.25) is 4.79 Å². The van der Waals surface area contributed by atoms with Crippen LogP contribution in [0.4, 0.5) is 0 Å². The van der Waals surface area contributed by atoms with Gasteiger partial charge in [-0.05, 0) is 12.5 Å². The highest BCUT2D eigenvalue weighted by molar-refractivity contribution is 5.85. The summed E-state index contributed by atoms with van der Waals surface area (Å²) in [6, 6.07) is 6.60. The molecule has 1 aromatic heterocycles. The molecule has 2 aromatic rings. The first-order valence-electron chi connectivity index (χ1n) is 7.23. The highest BCUT2D eigenvalue weighted by Crippen LogP contribution is 2.32. The molecule has 2 atom stereocenters. The van der Waals surface area contributed by atoms with E-state index in [1.807, 2.05) is 20.8 Å². The maximum absolute atomic E-state index is 11.4. The summed E-state index contributed by atoms with van der Waals surface area (Å²) >= 11 is 0. The van der Waals surface area contributed by atoms with Crippen molar-refractivity contribution in [1.29, 1.82) is 0 Å². The lowest BCUT2D eigenvalue weighted by atomic mass is 9.97. The molecule has 0 amide bonds. The minimum Gasteiger partial charge on any atom is -0.505 e. The fourth-order valence-corrected chi connectivity index (χ4v) is 2.54. The third-order valence-electron chi connectivity index (χ3n) is 3.59. The average molecular weight is 290 g/mol. The number of hydrogen-bond donors (Lipinski definition) is 4. The zero-order valence-electron chi connectivity index (χ0n) is 12.6.